The van der Waals surface area contributed by atoms with Crippen LogP contribution in [0, 0.1) is 22.7 Å². The Hall–Kier alpha value is -3.83. The van der Waals surface area contributed by atoms with E-state index < -0.39 is 5.91 Å². The second kappa shape index (κ2) is 7.83. The zero-order valence-electron chi connectivity index (χ0n) is 14.0. The Morgan fingerprint density at radius 1 is 1.12 bits per heavy atom. The molecule has 0 saturated heterocycles. The van der Waals surface area contributed by atoms with Gasteiger partial charge in [0, 0.05) is 23.6 Å². The van der Waals surface area contributed by atoms with Crippen molar-refractivity contribution in [2.45, 2.75) is 6.42 Å². The van der Waals surface area contributed by atoms with E-state index in [1.54, 1.807) is 24.3 Å². The highest BCUT2D eigenvalue weighted by molar-refractivity contribution is 6.01. The van der Waals surface area contributed by atoms with Gasteiger partial charge in [-0.2, -0.15) is 10.5 Å². The molecule has 3 aromatic rings. The molecule has 1 amide bonds. The number of aromatic nitrogens is 1. The van der Waals surface area contributed by atoms with E-state index >= 15 is 0 Å². The fraction of sp³-hybridized carbons (Fsp3) is 0.0952. The Morgan fingerprint density at radius 2 is 1.88 bits per heavy atom. The number of aromatic amines is 1. The van der Waals surface area contributed by atoms with Gasteiger partial charge in [-0.25, -0.2) is 0 Å². The maximum Gasteiger partial charge on any atom is 0.261 e. The molecule has 0 aliphatic heterocycles. The molecule has 5 heteroatoms. The van der Waals surface area contributed by atoms with Crippen LogP contribution in [0.4, 0.5) is 0 Å². The maximum absolute atomic E-state index is 12.2. The lowest BCUT2D eigenvalue weighted by Crippen LogP contribution is -2.26. The van der Waals surface area contributed by atoms with Crippen molar-refractivity contribution in [3.8, 4) is 12.1 Å². The Kier molecular flexibility index (Phi) is 5.12. The zero-order chi connectivity index (χ0) is 18.4. The van der Waals surface area contributed by atoms with E-state index in [9.17, 15) is 10.1 Å². The van der Waals surface area contributed by atoms with E-state index in [-0.39, 0.29) is 5.57 Å². The molecule has 0 radical (unpaired) electrons. The monoisotopic (exact) mass is 340 g/mol. The minimum Gasteiger partial charge on any atom is -0.361 e. The number of H-pyrrole nitrogens is 1. The van der Waals surface area contributed by atoms with Crippen LogP contribution in [-0.2, 0) is 11.2 Å². The number of rotatable bonds is 5. The fourth-order valence-electron chi connectivity index (χ4n) is 2.71. The number of hydrogen-bond donors (Lipinski definition) is 2. The SMILES string of the molecule is N#C/C(=C\c1ccc(C#N)cc1)C(=O)NCCc1c[nH]c2ccccc12. The summed E-state index contributed by atoms with van der Waals surface area (Å²) in [5.41, 5.74) is 3.45. The summed E-state index contributed by atoms with van der Waals surface area (Å²) in [5, 5.41) is 22.0. The molecule has 1 aromatic heterocycles. The first-order valence-electron chi connectivity index (χ1n) is 8.16. The van der Waals surface area contributed by atoms with Crippen molar-refractivity contribution in [1.82, 2.24) is 10.3 Å². The van der Waals surface area contributed by atoms with Gasteiger partial charge in [0.1, 0.15) is 11.6 Å². The smallest absolute Gasteiger partial charge is 0.261 e. The quantitative estimate of drug-likeness (QED) is 0.551. The van der Waals surface area contributed by atoms with Crippen LogP contribution >= 0.6 is 0 Å². The molecular weight excluding hydrogens is 324 g/mol. The van der Waals surface area contributed by atoms with Crippen LogP contribution in [0.5, 0.6) is 0 Å². The summed E-state index contributed by atoms with van der Waals surface area (Å²) in [5.74, 6) is -0.406. The van der Waals surface area contributed by atoms with Crippen LogP contribution in [0.25, 0.3) is 17.0 Å². The van der Waals surface area contributed by atoms with E-state index in [4.69, 9.17) is 5.26 Å². The van der Waals surface area contributed by atoms with Gasteiger partial charge >= 0.3 is 0 Å². The predicted molar refractivity (Wildman–Crippen MR) is 99.8 cm³/mol. The lowest BCUT2D eigenvalue weighted by molar-refractivity contribution is -0.117. The molecule has 0 aliphatic rings. The largest absolute Gasteiger partial charge is 0.361 e. The van der Waals surface area contributed by atoms with Crippen molar-refractivity contribution < 1.29 is 4.79 Å². The minimum atomic E-state index is -0.406. The molecule has 26 heavy (non-hydrogen) atoms. The number of nitrogens with one attached hydrogen (secondary N) is 2. The molecular formula is C21H16N4O. The van der Waals surface area contributed by atoms with Crippen molar-refractivity contribution in [1.29, 1.82) is 10.5 Å². The molecule has 5 nitrogen and oxygen atoms in total. The summed E-state index contributed by atoms with van der Waals surface area (Å²) in [6.45, 7) is 0.438. The topological polar surface area (TPSA) is 92.5 Å². The number of hydrogen-bond acceptors (Lipinski definition) is 3. The minimum absolute atomic E-state index is 0.0358. The average Bonchev–Trinajstić information content (AvgIpc) is 3.09. The summed E-state index contributed by atoms with van der Waals surface area (Å²) in [6, 6.07) is 18.7. The molecule has 0 atom stereocenters. The van der Waals surface area contributed by atoms with Gasteiger partial charge in [-0.05, 0) is 41.8 Å². The summed E-state index contributed by atoms with van der Waals surface area (Å²) >= 11 is 0. The standard InChI is InChI=1S/C21H16N4O/c22-12-16-7-5-15(6-8-16)11-18(13-23)21(26)24-10-9-17-14-25-20-4-2-1-3-19(17)20/h1-8,11,14,25H,9-10H2,(H,24,26)/b18-11+. The van der Waals surface area contributed by atoms with Crippen molar-refractivity contribution in [2.24, 2.45) is 0 Å². The van der Waals surface area contributed by atoms with Gasteiger partial charge in [0.05, 0.1) is 11.6 Å². The number of nitrogens with zero attached hydrogens (tertiary/aromatic N) is 2. The Morgan fingerprint density at radius 3 is 2.62 bits per heavy atom. The number of fused-ring (bicyclic) bond motifs is 1. The number of amides is 1. The van der Waals surface area contributed by atoms with Crippen LogP contribution in [0.2, 0.25) is 0 Å². The Balaban J connectivity index is 1.63. The third kappa shape index (κ3) is 3.80. The third-order valence-electron chi connectivity index (χ3n) is 4.07. The van der Waals surface area contributed by atoms with Crippen LogP contribution in [-0.4, -0.2) is 17.4 Å². The van der Waals surface area contributed by atoms with Crippen LogP contribution in [0.1, 0.15) is 16.7 Å². The van der Waals surface area contributed by atoms with E-state index in [0.717, 1.165) is 16.5 Å². The first-order valence-corrected chi connectivity index (χ1v) is 8.16. The van der Waals surface area contributed by atoms with E-state index in [1.165, 1.54) is 6.08 Å². The van der Waals surface area contributed by atoms with Crippen LogP contribution < -0.4 is 5.32 Å². The summed E-state index contributed by atoms with van der Waals surface area (Å²) in [6.07, 6.45) is 4.13. The Bertz CT molecular complexity index is 1050. The van der Waals surface area contributed by atoms with Gasteiger partial charge < -0.3 is 10.3 Å². The van der Waals surface area contributed by atoms with Crippen molar-refractivity contribution in [3.05, 3.63) is 77.0 Å². The van der Waals surface area contributed by atoms with Crippen LogP contribution in [0.3, 0.4) is 0 Å². The average molecular weight is 340 g/mol. The second-order valence-electron chi connectivity index (χ2n) is 5.77. The highest BCUT2D eigenvalue weighted by Crippen LogP contribution is 2.17. The van der Waals surface area contributed by atoms with Crippen molar-refractivity contribution in [3.63, 3.8) is 0 Å². The number of para-hydroxylation sites is 1. The normalized spacial score (nSPS) is 10.9. The molecule has 0 spiro atoms. The highest BCUT2D eigenvalue weighted by atomic mass is 16.1. The lowest BCUT2D eigenvalue weighted by Gasteiger charge is -2.04. The van der Waals surface area contributed by atoms with E-state index in [0.29, 0.717) is 24.1 Å². The van der Waals surface area contributed by atoms with Crippen LogP contribution in [0.15, 0.2) is 60.3 Å². The van der Waals surface area contributed by atoms with E-state index in [2.05, 4.69) is 10.3 Å². The molecule has 0 unspecified atom stereocenters. The molecule has 0 bridgehead atoms. The predicted octanol–water partition coefficient (Wildman–Crippen LogP) is 3.31. The highest BCUT2D eigenvalue weighted by Gasteiger charge is 2.09. The second-order valence-corrected chi connectivity index (χ2v) is 5.77. The molecule has 0 fully saturated rings. The zero-order valence-corrected chi connectivity index (χ0v) is 14.0. The first-order chi connectivity index (χ1) is 12.7. The molecule has 0 aliphatic carbocycles. The Labute approximate surface area is 151 Å². The van der Waals surface area contributed by atoms with Crippen molar-refractivity contribution >= 4 is 22.9 Å². The molecule has 0 saturated carbocycles. The van der Waals surface area contributed by atoms with Gasteiger partial charge in [0.15, 0.2) is 0 Å². The fourth-order valence-corrected chi connectivity index (χ4v) is 2.71. The number of carbonyl (C=O) groups is 1. The van der Waals surface area contributed by atoms with Gasteiger partial charge in [-0.1, -0.05) is 30.3 Å². The summed E-state index contributed by atoms with van der Waals surface area (Å²) in [7, 11) is 0. The molecule has 126 valence electrons. The third-order valence-corrected chi connectivity index (χ3v) is 4.07. The van der Waals surface area contributed by atoms with Gasteiger partial charge in [0.25, 0.3) is 5.91 Å². The number of benzene rings is 2. The summed E-state index contributed by atoms with van der Waals surface area (Å²) < 4.78 is 0. The molecule has 2 N–H and O–H groups in total. The van der Waals surface area contributed by atoms with Gasteiger partial charge in [0.2, 0.25) is 0 Å². The number of nitriles is 2. The molecule has 2 aromatic carbocycles. The summed E-state index contributed by atoms with van der Waals surface area (Å²) in [4.78, 5) is 15.4. The molecule has 3 rings (SSSR count). The maximum atomic E-state index is 12.2. The number of carbonyl (C=O) groups excluding carboxylic acids is 1. The van der Waals surface area contributed by atoms with Gasteiger partial charge in [-0.3, -0.25) is 4.79 Å². The van der Waals surface area contributed by atoms with Crippen molar-refractivity contribution in [2.75, 3.05) is 6.54 Å². The lowest BCUT2D eigenvalue weighted by atomic mass is 10.1. The molecule has 1 heterocycles. The first kappa shape index (κ1) is 17.0. The van der Waals surface area contributed by atoms with E-state index in [1.807, 2.05) is 42.6 Å². The van der Waals surface area contributed by atoms with Gasteiger partial charge in [-0.15, -0.1) is 0 Å².